The maximum absolute atomic E-state index is 11.4. The van der Waals surface area contributed by atoms with Crippen LogP contribution in [0.2, 0.25) is 0 Å². The molecule has 3 N–H and O–H groups in total. The Bertz CT molecular complexity index is 188. The first-order valence-electron chi connectivity index (χ1n) is 6.79. The van der Waals surface area contributed by atoms with E-state index in [2.05, 4.69) is 5.32 Å². The lowest BCUT2D eigenvalue weighted by molar-refractivity contribution is -0.121. The van der Waals surface area contributed by atoms with E-state index in [0.717, 1.165) is 25.3 Å². The minimum absolute atomic E-state index is 0.198. The van der Waals surface area contributed by atoms with Crippen molar-refractivity contribution in [3.8, 4) is 0 Å². The van der Waals surface area contributed by atoms with Crippen molar-refractivity contribution in [2.75, 3.05) is 13.1 Å². The van der Waals surface area contributed by atoms with Crippen molar-refractivity contribution >= 4 is 5.91 Å². The quantitative estimate of drug-likeness (QED) is 0.654. The normalized spacial score (nSPS) is 17.3. The van der Waals surface area contributed by atoms with E-state index >= 15 is 0 Å². The van der Waals surface area contributed by atoms with Gasteiger partial charge in [-0.3, -0.25) is 4.79 Å². The molecule has 0 aromatic rings. The predicted octanol–water partition coefficient (Wildman–Crippen LogP) is 2.20. The van der Waals surface area contributed by atoms with Gasteiger partial charge in [0.25, 0.3) is 0 Å². The Morgan fingerprint density at radius 1 is 1.19 bits per heavy atom. The Hall–Kier alpha value is -0.570. The molecule has 1 aliphatic rings. The van der Waals surface area contributed by atoms with Gasteiger partial charge in [0.15, 0.2) is 0 Å². The summed E-state index contributed by atoms with van der Waals surface area (Å²) in [5, 5.41) is 2.90. The molecule has 1 saturated carbocycles. The number of nitrogens with one attached hydrogen (secondary N) is 1. The van der Waals surface area contributed by atoms with Crippen LogP contribution in [0.25, 0.3) is 0 Å². The van der Waals surface area contributed by atoms with Gasteiger partial charge in [-0.2, -0.15) is 0 Å². The lowest BCUT2D eigenvalue weighted by atomic mass is 9.86. The van der Waals surface area contributed by atoms with E-state index in [1.807, 2.05) is 0 Å². The lowest BCUT2D eigenvalue weighted by Crippen LogP contribution is -2.25. The van der Waals surface area contributed by atoms with E-state index in [-0.39, 0.29) is 5.91 Å². The molecule has 3 heteroatoms. The van der Waals surface area contributed by atoms with E-state index in [1.54, 1.807) is 0 Å². The third-order valence-corrected chi connectivity index (χ3v) is 3.44. The fraction of sp³-hybridized carbons (Fsp3) is 0.923. The molecule has 0 radical (unpaired) electrons. The molecule has 0 saturated heterocycles. The van der Waals surface area contributed by atoms with Crippen LogP contribution in [0.1, 0.15) is 57.8 Å². The summed E-state index contributed by atoms with van der Waals surface area (Å²) in [6, 6.07) is 0. The van der Waals surface area contributed by atoms with Crippen LogP contribution >= 0.6 is 0 Å². The number of hydrogen-bond acceptors (Lipinski definition) is 2. The van der Waals surface area contributed by atoms with Crippen molar-refractivity contribution in [1.82, 2.24) is 5.32 Å². The van der Waals surface area contributed by atoms with Crippen molar-refractivity contribution < 1.29 is 4.79 Å². The summed E-state index contributed by atoms with van der Waals surface area (Å²) in [5.74, 6) is 1.09. The van der Waals surface area contributed by atoms with E-state index in [4.69, 9.17) is 5.73 Å². The van der Waals surface area contributed by atoms with Crippen molar-refractivity contribution in [3.05, 3.63) is 0 Å². The van der Waals surface area contributed by atoms with Crippen LogP contribution in [0.5, 0.6) is 0 Å². The zero-order valence-electron chi connectivity index (χ0n) is 10.3. The molecule has 1 aliphatic carbocycles. The molecule has 0 aromatic carbocycles. The van der Waals surface area contributed by atoms with Gasteiger partial charge in [-0.15, -0.1) is 0 Å². The van der Waals surface area contributed by atoms with Gasteiger partial charge < -0.3 is 11.1 Å². The summed E-state index contributed by atoms with van der Waals surface area (Å²) in [5.41, 5.74) is 5.36. The first-order valence-corrected chi connectivity index (χ1v) is 6.79. The second kappa shape index (κ2) is 8.57. The van der Waals surface area contributed by atoms with Gasteiger partial charge in [-0.25, -0.2) is 0 Å². The van der Waals surface area contributed by atoms with Crippen LogP contribution < -0.4 is 11.1 Å². The van der Waals surface area contributed by atoms with Crippen LogP contribution in [-0.2, 0) is 4.79 Å². The molecule has 16 heavy (non-hydrogen) atoms. The molecule has 1 fully saturated rings. The van der Waals surface area contributed by atoms with Crippen LogP contribution in [0, 0.1) is 5.92 Å². The largest absolute Gasteiger partial charge is 0.356 e. The highest BCUT2D eigenvalue weighted by molar-refractivity contribution is 5.75. The smallest absolute Gasteiger partial charge is 0.219 e. The van der Waals surface area contributed by atoms with Crippen LogP contribution in [0.4, 0.5) is 0 Å². The van der Waals surface area contributed by atoms with E-state index < -0.39 is 0 Å². The van der Waals surface area contributed by atoms with Crippen molar-refractivity contribution in [2.24, 2.45) is 11.7 Å². The summed E-state index contributed by atoms with van der Waals surface area (Å²) >= 11 is 0. The molecular weight excluding hydrogens is 200 g/mol. The Labute approximate surface area is 99.2 Å². The maximum Gasteiger partial charge on any atom is 0.219 e. The zero-order chi connectivity index (χ0) is 11.6. The first kappa shape index (κ1) is 13.5. The van der Waals surface area contributed by atoms with Crippen LogP contribution in [0.3, 0.4) is 0 Å². The maximum atomic E-state index is 11.4. The molecule has 94 valence electrons. The lowest BCUT2D eigenvalue weighted by Gasteiger charge is -2.21. The molecule has 1 amide bonds. The Balaban J connectivity index is 1.94. The summed E-state index contributed by atoms with van der Waals surface area (Å²) < 4.78 is 0. The van der Waals surface area contributed by atoms with Gasteiger partial charge in [-0.05, 0) is 31.7 Å². The second-order valence-electron chi connectivity index (χ2n) is 4.89. The SMILES string of the molecule is NCCCNC(=O)CCCC1CCCCC1. The van der Waals surface area contributed by atoms with Gasteiger partial charge in [0.05, 0.1) is 0 Å². The standard InChI is InChI=1S/C13H26N2O/c14-10-5-11-15-13(16)9-4-8-12-6-2-1-3-7-12/h12H,1-11,14H2,(H,15,16). The number of carbonyl (C=O) groups is 1. The molecule has 1 rings (SSSR count). The van der Waals surface area contributed by atoms with Gasteiger partial charge in [0.2, 0.25) is 5.91 Å². The fourth-order valence-electron chi connectivity index (χ4n) is 2.45. The molecule has 0 aromatic heterocycles. The summed E-state index contributed by atoms with van der Waals surface area (Å²) in [6.45, 7) is 1.39. The summed E-state index contributed by atoms with van der Waals surface area (Å²) in [7, 11) is 0. The van der Waals surface area contributed by atoms with E-state index in [9.17, 15) is 4.79 Å². The first-order chi connectivity index (χ1) is 7.83. The third-order valence-electron chi connectivity index (χ3n) is 3.44. The Kier molecular flexibility index (Phi) is 7.23. The van der Waals surface area contributed by atoms with Crippen LogP contribution in [0.15, 0.2) is 0 Å². The van der Waals surface area contributed by atoms with Crippen LogP contribution in [-0.4, -0.2) is 19.0 Å². The zero-order valence-corrected chi connectivity index (χ0v) is 10.3. The van der Waals surface area contributed by atoms with Gasteiger partial charge in [0, 0.05) is 13.0 Å². The number of nitrogens with two attached hydrogens (primary N) is 1. The molecule has 0 atom stereocenters. The number of rotatable bonds is 7. The highest BCUT2D eigenvalue weighted by Gasteiger charge is 2.13. The average Bonchev–Trinajstić information content (AvgIpc) is 2.31. The summed E-state index contributed by atoms with van der Waals surface area (Å²) in [4.78, 5) is 11.4. The molecule has 0 spiro atoms. The second-order valence-corrected chi connectivity index (χ2v) is 4.89. The number of amides is 1. The van der Waals surface area contributed by atoms with Crippen molar-refractivity contribution in [3.63, 3.8) is 0 Å². The van der Waals surface area contributed by atoms with Gasteiger partial charge in [-0.1, -0.05) is 32.1 Å². The number of hydrogen-bond donors (Lipinski definition) is 2. The van der Waals surface area contributed by atoms with Crippen molar-refractivity contribution in [1.29, 1.82) is 0 Å². The highest BCUT2D eigenvalue weighted by Crippen LogP contribution is 2.27. The highest BCUT2D eigenvalue weighted by atomic mass is 16.1. The van der Waals surface area contributed by atoms with E-state index in [1.165, 1.54) is 38.5 Å². The third kappa shape index (κ3) is 6.11. The fourth-order valence-corrected chi connectivity index (χ4v) is 2.45. The molecule has 3 nitrogen and oxygen atoms in total. The number of carbonyl (C=O) groups excluding carboxylic acids is 1. The molecule has 0 heterocycles. The van der Waals surface area contributed by atoms with Crippen molar-refractivity contribution in [2.45, 2.75) is 57.8 Å². The van der Waals surface area contributed by atoms with Gasteiger partial charge >= 0.3 is 0 Å². The van der Waals surface area contributed by atoms with E-state index in [0.29, 0.717) is 13.0 Å². The molecule has 0 aliphatic heterocycles. The Morgan fingerprint density at radius 3 is 2.62 bits per heavy atom. The minimum Gasteiger partial charge on any atom is -0.356 e. The average molecular weight is 226 g/mol. The summed E-state index contributed by atoms with van der Waals surface area (Å²) in [6.07, 6.45) is 10.8. The minimum atomic E-state index is 0.198. The molecule has 0 unspecified atom stereocenters. The monoisotopic (exact) mass is 226 g/mol. The molecular formula is C13H26N2O. The van der Waals surface area contributed by atoms with Gasteiger partial charge in [0.1, 0.15) is 0 Å². The predicted molar refractivity (Wildman–Crippen MR) is 67.1 cm³/mol. The topological polar surface area (TPSA) is 55.1 Å². The molecule has 0 bridgehead atoms. The Morgan fingerprint density at radius 2 is 1.94 bits per heavy atom.